The number of hydrogen-bond acceptors (Lipinski definition) is 8. The lowest BCUT2D eigenvalue weighted by Crippen LogP contribution is -2.36. The third kappa shape index (κ3) is 3.91. The van der Waals surface area contributed by atoms with Gasteiger partial charge in [-0.1, -0.05) is 0 Å². The van der Waals surface area contributed by atoms with Crippen molar-refractivity contribution in [3.8, 4) is 0 Å². The van der Waals surface area contributed by atoms with Gasteiger partial charge in [-0.2, -0.15) is 4.98 Å². The number of nitrogen functional groups attached to an aromatic ring is 1. The molecule has 2 heterocycles. The van der Waals surface area contributed by atoms with E-state index in [0.29, 0.717) is 18.2 Å². The summed E-state index contributed by atoms with van der Waals surface area (Å²) in [6.07, 6.45) is 3.70. The predicted octanol–water partition coefficient (Wildman–Crippen LogP) is 1.91. The highest BCUT2D eigenvalue weighted by atomic mass is 16.6. The fourth-order valence-electron chi connectivity index (χ4n) is 4.00. The Bertz CT molecular complexity index is 979. The molecule has 1 saturated heterocycles. The molecule has 4 rings (SSSR count). The van der Waals surface area contributed by atoms with Crippen LogP contribution in [0.5, 0.6) is 0 Å². The maximum absolute atomic E-state index is 11.4. The first-order valence-corrected chi connectivity index (χ1v) is 9.63. The summed E-state index contributed by atoms with van der Waals surface area (Å²) in [6.45, 7) is 3.04. The van der Waals surface area contributed by atoms with Crippen molar-refractivity contribution in [3.05, 3.63) is 39.6 Å². The summed E-state index contributed by atoms with van der Waals surface area (Å²) < 4.78 is 0. The van der Waals surface area contributed by atoms with Gasteiger partial charge in [-0.15, -0.1) is 0 Å². The second-order valence-electron chi connectivity index (χ2n) is 7.44. The normalized spacial score (nSPS) is 17.8. The Morgan fingerprint density at radius 2 is 2.17 bits per heavy atom. The molecule has 1 unspecified atom stereocenters. The maximum Gasteiger partial charge on any atom is 0.294 e. The molecule has 1 aromatic carbocycles. The van der Waals surface area contributed by atoms with E-state index in [-0.39, 0.29) is 23.3 Å². The minimum absolute atomic E-state index is 0.0305. The van der Waals surface area contributed by atoms with Gasteiger partial charge in [0.1, 0.15) is 11.5 Å². The number of nitrogens with two attached hydrogens (primary N) is 1. The molecule has 4 N–H and O–H groups in total. The zero-order valence-corrected chi connectivity index (χ0v) is 16.1. The number of benzene rings is 1. The van der Waals surface area contributed by atoms with Crippen LogP contribution in [0.25, 0.3) is 0 Å². The van der Waals surface area contributed by atoms with Crippen molar-refractivity contribution in [1.82, 2.24) is 15.3 Å². The molecule has 0 bridgehead atoms. The van der Waals surface area contributed by atoms with E-state index in [2.05, 4.69) is 20.5 Å². The molecule has 1 amide bonds. The van der Waals surface area contributed by atoms with E-state index < -0.39 is 4.92 Å². The molecular formula is C19H23N7O3. The number of carbonyl (C=O) groups excluding carboxylic acids is 1. The topological polar surface area (TPSA) is 139 Å². The summed E-state index contributed by atoms with van der Waals surface area (Å²) in [6, 6.07) is 4.65. The van der Waals surface area contributed by atoms with E-state index in [0.717, 1.165) is 49.3 Å². The number of anilines is 4. The smallest absolute Gasteiger partial charge is 0.294 e. The molecule has 10 nitrogen and oxygen atoms in total. The predicted molar refractivity (Wildman–Crippen MR) is 109 cm³/mol. The molecule has 1 aromatic heterocycles. The number of nitrogens with one attached hydrogen (secondary N) is 2. The number of fused-ring (bicyclic) bond motifs is 1. The van der Waals surface area contributed by atoms with E-state index in [1.165, 1.54) is 19.1 Å². The summed E-state index contributed by atoms with van der Waals surface area (Å²) in [7, 11) is 0. The van der Waals surface area contributed by atoms with Crippen LogP contribution < -0.4 is 21.3 Å². The van der Waals surface area contributed by atoms with Crippen molar-refractivity contribution < 1.29 is 9.72 Å². The molecule has 2 aromatic rings. The number of hydrogen-bond donors (Lipinski definition) is 3. The van der Waals surface area contributed by atoms with E-state index in [4.69, 9.17) is 10.7 Å². The van der Waals surface area contributed by atoms with E-state index in [1.807, 2.05) is 0 Å². The third-order valence-electron chi connectivity index (χ3n) is 5.29. The zero-order chi connectivity index (χ0) is 20.5. The van der Waals surface area contributed by atoms with Gasteiger partial charge in [0.2, 0.25) is 11.9 Å². The highest BCUT2D eigenvalue weighted by Crippen LogP contribution is 2.33. The Labute approximate surface area is 167 Å². The molecule has 2 aliphatic rings. The van der Waals surface area contributed by atoms with Gasteiger partial charge in [-0.3, -0.25) is 14.9 Å². The van der Waals surface area contributed by atoms with Crippen LogP contribution in [0.4, 0.5) is 28.8 Å². The van der Waals surface area contributed by atoms with Crippen molar-refractivity contribution in [2.24, 2.45) is 0 Å². The minimum atomic E-state index is -0.512. The lowest BCUT2D eigenvalue weighted by atomic mass is 10.2. The van der Waals surface area contributed by atoms with Crippen molar-refractivity contribution in [2.75, 3.05) is 29.0 Å². The van der Waals surface area contributed by atoms with Crippen molar-refractivity contribution >= 4 is 34.7 Å². The first kappa shape index (κ1) is 18.9. The van der Waals surface area contributed by atoms with Gasteiger partial charge < -0.3 is 21.3 Å². The molecule has 10 heteroatoms. The van der Waals surface area contributed by atoms with Crippen LogP contribution in [-0.4, -0.2) is 39.9 Å². The number of aromatic nitrogens is 2. The molecular weight excluding hydrogens is 374 g/mol. The lowest BCUT2D eigenvalue weighted by molar-refractivity contribution is -0.383. The van der Waals surface area contributed by atoms with Crippen molar-refractivity contribution in [3.63, 3.8) is 0 Å². The number of nitro benzene ring substituents is 1. The summed E-state index contributed by atoms with van der Waals surface area (Å²) in [5.74, 6) is 1.26. The van der Waals surface area contributed by atoms with Crippen LogP contribution in [0.2, 0.25) is 0 Å². The average Bonchev–Trinajstić information content (AvgIpc) is 3.31. The van der Waals surface area contributed by atoms with E-state index in [1.54, 1.807) is 6.07 Å². The van der Waals surface area contributed by atoms with Crippen LogP contribution in [0.1, 0.15) is 31.0 Å². The number of carbonyl (C=O) groups is 1. The quantitative estimate of drug-likeness (QED) is 0.395. The maximum atomic E-state index is 11.4. The van der Waals surface area contributed by atoms with Crippen LogP contribution >= 0.6 is 0 Å². The average molecular weight is 397 g/mol. The molecule has 152 valence electrons. The van der Waals surface area contributed by atoms with Gasteiger partial charge in [0.25, 0.3) is 5.69 Å². The Hall–Kier alpha value is -3.43. The Morgan fingerprint density at radius 1 is 1.34 bits per heavy atom. The Morgan fingerprint density at radius 3 is 2.93 bits per heavy atom. The molecule has 0 radical (unpaired) electrons. The van der Waals surface area contributed by atoms with Crippen LogP contribution in [-0.2, 0) is 17.6 Å². The number of aryl methyl sites for hydroxylation is 1. The monoisotopic (exact) mass is 397 g/mol. The van der Waals surface area contributed by atoms with Gasteiger partial charge in [-0.25, -0.2) is 4.98 Å². The highest BCUT2D eigenvalue weighted by Gasteiger charge is 2.29. The first-order chi connectivity index (χ1) is 13.9. The molecule has 1 fully saturated rings. The van der Waals surface area contributed by atoms with Crippen molar-refractivity contribution in [2.45, 2.75) is 38.6 Å². The van der Waals surface area contributed by atoms with Gasteiger partial charge in [0.05, 0.1) is 10.6 Å². The Balaban J connectivity index is 1.61. The zero-order valence-electron chi connectivity index (χ0n) is 16.1. The summed E-state index contributed by atoms with van der Waals surface area (Å²) in [4.78, 5) is 33.5. The molecule has 1 aliphatic heterocycles. The summed E-state index contributed by atoms with van der Waals surface area (Å²) in [5, 5.41) is 17.2. The summed E-state index contributed by atoms with van der Waals surface area (Å²) >= 11 is 0. The second-order valence-corrected chi connectivity index (χ2v) is 7.44. The molecule has 0 saturated carbocycles. The van der Waals surface area contributed by atoms with Gasteiger partial charge >= 0.3 is 0 Å². The Kier molecular flexibility index (Phi) is 4.91. The van der Waals surface area contributed by atoms with Crippen LogP contribution in [0, 0.1) is 10.1 Å². The fourth-order valence-corrected chi connectivity index (χ4v) is 4.00. The molecule has 1 atom stereocenters. The van der Waals surface area contributed by atoms with Gasteiger partial charge in [0, 0.05) is 43.4 Å². The van der Waals surface area contributed by atoms with E-state index in [9.17, 15) is 14.9 Å². The third-order valence-corrected chi connectivity index (χ3v) is 5.29. The standard InChI is InChI=1S/C19H23N7O3/c1-11(27)21-13-7-8-25(10-13)18-14-3-2-4-16(14)23-19(24-18)22-12-5-6-15(20)17(9-12)26(28)29/h5-6,9,13H,2-4,7-8,10,20H2,1H3,(H,21,27)(H,22,23,24). The number of nitro groups is 1. The van der Waals surface area contributed by atoms with Gasteiger partial charge in [-0.05, 0) is 37.8 Å². The van der Waals surface area contributed by atoms with E-state index >= 15 is 0 Å². The number of nitrogens with zero attached hydrogens (tertiary/aromatic N) is 4. The minimum Gasteiger partial charge on any atom is -0.393 e. The van der Waals surface area contributed by atoms with Crippen LogP contribution in [0.15, 0.2) is 18.2 Å². The lowest BCUT2D eigenvalue weighted by Gasteiger charge is -2.21. The second kappa shape index (κ2) is 7.53. The number of amides is 1. The summed E-state index contributed by atoms with van der Waals surface area (Å²) in [5.41, 5.74) is 8.29. The molecule has 29 heavy (non-hydrogen) atoms. The molecule has 0 spiro atoms. The highest BCUT2D eigenvalue weighted by molar-refractivity contribution is 5.73. The fraction of sp³-hybridized carbons (Fsp3) is 0.421. The first-order valence-electron chi connectivity index (χ1n) is 9.63. The van der Waals surface area contributed by atoms with Crippen molar-refractivity contribution in [1.29, 1.82) is 0 Å². The largest absolute Gasteiger partial charge is 0.393 e. The SMILES string of the molecule is CC(=O)NC1CCN(c2nc(Nc3ccc(N)c([N+](=O)[O-])c3)nc3c2CCC3)C1. The van der Waals surface area contributed by atoms with Crippen LogP contribution in [0.3, 0.4) is 0 Å². The van der Waals surface area contributed by atoms with Gasteiger partial charge in [0.15, 0.2) is 0 Å². The number of rotatable bonds is 5. The molecule has 1 aliphatic carbocycles.